The van der Waals surface area contributed by atoms with E-state index < -0.39 is 15.8 Å². The number of hydrazone groups is 1. The van der Waals surface area contributed by atoms with Crippen molar-refractivity contribution in [2.45, 2.75) is 13.8 Å². The first-order valence-corrected chi connectivity index (χ1v) is 7.56. The summed E-state index contributed by atoms with van der Waals surface area (Å²) in [5, 5.41) is 12.5. The zero-order chi connectivity index (χ0) is 16.2. The summed E-state index contributed by atoms with van der Waals surface area (Å²) in [5.41, 5.74) is 2.02. The van der Waals surface area contributed by atoms with Gasteiger partial charge in [0.2, 0.25) is 10.0 Å². The van der Waals surface area contributed by atoms with Crippen LogP contribution >= 0.6 is 0 Å². The summed E-state index contributed by atoms with van der Waals surface area (Å²) < 4.78 is 38.3. The van der Waals surface area contributed by atoms with Crippen molar-refractivity contribution in [1.29, 1.82) is 5.26 Å². The van der Waals surface area contributed by atoms with Gasteiger partial charge in [-0.3, -0.25) is 14.9 Å². The first kappa shape index (κ1) is 16.6. The monoisotopic (exact) mass is 312 g/mol. The molecule has 7 nitrogen and oxygen atoms in total. The van der Waals surface area contributed by atoms with Crippen molar-refractivity contribution in [3.05, 3.63) is 23.5 Å². The predicted octanol–water partition coefficient (Wildman–Crippen LogP) is 1.45. The van der Waals surface area contributed by atoms with Crippen molar-refractivity contribution in [1.82, 2.24) is 0 Å². The van der Waals surface area contributed by atoms with Crippen molar-refractivity contribution in [3.8, 4) is 6.07 Å². The second-order valence-corrected chi connectivity index (χ2v) is 5.98. The number of Topliss-reactive ketones (excluding diaryl/α,β-unsaturated/α-hetero) is 1. The molecule has 0 aromatic heterocycles. The maximum atomic E-state index is 13.8. The number of carbonyl (C=O) groups is 1. The zero-order valence-electron chi connectivity index (χ0n) is 11.6. The first-order chi connectivity index (χ1) is 9.64. The number of rotatable bonds is 5. The van der Waals surface area contributed by atoms with Gasteiger partial charge in [-0.1, -0.05) is 0 Å². The summed E-state index contributed by atoms with van der Waals surface area (Å²) in [5.74, 6) is -1.10. The number of hydrogen-bond acceptors (Lipinski definition) is 6. The molecule has 112 valence electrons. The molecule has 0 saturated carbocycles. The number of benzene rings is 1. The molecular weight excluding hydrogens is 299 g/mol. The van der Waals surface area contributed by atoms with E-state index in [0.717, 1.165) is 18.4 Å². The Kier molecular flexibility index (Phi) is 4.99. The molecule has 0 spiro atoms. The molecule has 1 rings (SSSR count). The summed E-state index contributed by atoms with van der Waals surface area (Å²) >= 11 is 0. The number of nitriles is 1. The van der Waals surface area contributed by atoms with Crippen molar-refractivity contribution in [2.75, 3.05) is 16.4 Å². The minimum atomic E-state index is -3.63. The van der Waals surface area contributed by atoms with E-state index in [4.69, 9.17) is 5.26 Å². The van der Waals surface area contributed by atoms with Gasteiger partial charge >= 0.3 is 0 Å². The summed E-state index contributed by atoms with van der Waals surface area (Å²) in [7, 11) is -3.63. The lowest BCUT2D eigenvalue weighted by Crippen LogP contribution is -2.12. The summed E-state index contributed by atoms with van der Waals surface area (Å²) in [6.45, 7) is 2.73. The van der Waals surface area contributed by atoms with E-state index in [-0.39, 0.29) is 28.4 Å². The third-order valence-electron chi connectivity index (χ3n) is 2.38. The second-order valence-electron chi connectivity index (χ2n) is 4.23. The molecule has 0 fully saturated rings. The summed E-state index contributed by atoms with van der Waals surface area (Å²) in [6.07, 6.45) is 0.905. The van der Waals surface area contributed by atoms with Gasteiger partial charge in [-0.2, -0.15) is 10.4 Å². The lowest BCUT2D eigenvalue weighted by molar-refractivity contribution is -0.111. The van der Waals surface area contributed by atoms with E-state index in [1.54, 1.807) is 6.07 Å². The fraction of sp³-hybridized carbons (Fsp3) is 0.250. The first-order valence-electron chi connectivity index (χ1n) is 5.66. The smallest absolute Gasteiger partial charge is 0.229 e. The quantitative estimate of drug-likeness (QED) is 0.631. The highest BCUT2D eigenvalue weighted by molar-refractivity contribution is 7.92. The highest BCUT2D eigenvalue weighted by atomic mass is 32.2. The van der Waals surface area contributed by atoms with Crippen LogP contribution in [0.2, 0.25) is 0 Å². The van der Waals surface area contributed by atoms with Crippen LogP contribution < -0.4 is 10.1 Å². The van der Waals surface area contributed by atoms with E-state index >= 15 is 0 Å². The Morgan fingerprint density at radius 2 is 1.95 bits per heavy atom. The molecule has 0 unspecified atom stereocenters. The molecule has 2 N–H and O–H groups in total. The molecule has 1 aromatic carbocycles. The van der Waals surface area contributed by atoms with Crippen LogP contribution in [0.3, 0.4) is 0 Å². The third-order valence-corrected chi connectivity index (χ3v) is 2.97. The van der Waals surface area contributed by atoms with Crippen molar-refractivity contribution in [2.24, 2.45) is 5.10 Å². The average molecular weight is 312 g/mol. The number of anilines is 2. The number of sulfonamides is 1. The molecule has 0 bridgehead atoms. The molecule has 0 heterocycles. The largest absolute Gasteiger partial charge is 0.293 e. The number of nitrogens with zero attached hydrogens (tertiary/aromatic N) is 2. The van der Waals surface area contributed by atoms with E-state index in [2.05, 4.69) is 15.2 Å². The van der Waals surface area contributed by atoms with Gasteiger partial charge in [0.15, 0.2) is 5.78 Å². The normalized spacial score (nSPS) is 11.7. The van der Waals surface area contributed by atoms with Gasteiger partial charge in [-0.05, 0) is 19.1 Å². The Bertz CT molecular complexity index is 751. The minimum absolute atomic E-state index is 0.0837. The molecule has 0 radical (unpaired) electrons. The van der Waals surface area contributed by atoms with E-state index in [0.29, 0.717) is 0 Å². The third kappa shape index (κ3) is 4.85. The Hall–Kier alpha value is -2.47. The molecule has 21 heavy (non-hydrogen) atoms. The maximum Gasteiger partial charge on any atom is 0.229 e. The van der Waals surface area contributed by atoms with Crippen LogP contribution in [-0.2, 0) is 14.8 Å². The van der Waals surface area contributed by atoms with Crippen LogP contribution in [0.15, 0.2) is 17.2 Å². The standard InChI is InChI=1S/C12H13FN4O3S/c1-7(8(2)18)15-16-12-5-11(17-21(3,19)20)9(6-14)4-10(12)13/h4-5,16-17H,1-3H3/b15-7+. The highest BCUT2D eigenvalue weighted by Gasteiger charge is 2.13. The van der Waals surface area contributed by atoms with Crippen LogP contribution in [0.1, 0.15) is 19.4 Å². The lowest BCUT2D eigenvalue weighted by Gasteiger charge is -2.10. The average Bonchev–Trinajstić information content (AvgIpc) is 2.36. The van der Waals surface area contributed by atoms with E-state index in [1.165, 1.54) is 13.8 Å². The molecule has 1 aromatic rings. The van der Waals surface area contributed by atoms with E-state index in [1.807, 2.05) is 0 Å². The van der Waals surface area contributed by atoms with Gasteiger partial charge in [0.25, 0.3) is 0 Å². The van der Waals surface area contributed by atoms with Crippen molar-refractivity contribution in [3.63, 3.8) is 0 Å². The van der Waals surface area contributed by atoms with Crippen LogP contribution in [0.5, 0.6) is 0 Å². The minimum Gasteiger partial charge on any atom is -0.293 e. The van der Waals surface area contributed by atoms with Gasteiger partial charge < -0.3 is 0 Å². The lowest BCUT2D eigenvalue weighted by atomic mass is 10.2. The summed E-state index contributed by atoms with van der Waals surface area (Å²) in [4.78, 5) is 11.0. The Balaban J connectivity index is 3.23. The van der Waals surface area contributed by atoms with Gasteiger partial charge in [0, 0.05) is 6.92 Å². The molecular formula is C12H13FN4O3S. The number of halogens is 1. The highest BCUT2D eigenvalue weighted by Crippen LogP contribution is 2.25. The topological polar surface area (TPSA) is 111 Å². The molecule has 0 aliphatic heterocycles. The van der Waals surface area contributed by atoms with E-state index in [9.17, 15) is 17.6 Å². The van der Waals surface area contributed by atoms with Crippen LogP contribution in [0.25, 0.3) is 0 Å². The molecule has 0 aliphatic rings. The molecule has 9 heteroatoms. The zero-order valence-corrected chi connectivity index (χ0v) is 12.4. The van der Waals surface area contributed by atoms with Crippen LogP contribution in [0.4, 0.5) is 15.8 Å². The fourth-order valence-electron chi connectivity index (χ4n) is 1.26. The van der Waals surface area contributed by atoms with Gasteiger partial charge in [0.05, 0.1) is 23.2 Å². The molecule has 0 amide bonds. The predicted molar refractivity (Wildman–Crippen MR) is 77.0 cm³/mol. The number of hydrogen-bond donors (Lipinski definition) is 2. The Morgan fingerprint density at radius 3 is 2.43 bits per heavy atom. The maximum absolute atomic E-state index is 13.8. The van der Waals surface area contributed by atoms with Crippen molar-refractivity contribution < 1.29 is 17.6 Å². The van der Waals surface area contributed by atoms with Crippen LogP contribution in [-0.4, -0.2) is 26.2 Å². The van der Waals surface area contributed by atoms with Crippen LogP contribution in [0, 0.1) is 17.1 Å². The Morgan fingerprint density at radius 1 is 1.33 bits per heavy atom. The van der Waals surface area contributed by atoms with Crippen molar-refractivity contribution >= 4 is 32.9 Å². The van der Waals surface area contributed by atoms with Gasteiger partial charge in [-0.25, -0.2) is 12.8 Å². The molecule has 0 atom stereocenters. The number of ketones is 1. The van der Waals surface area contributed by atoms with Gasteiger partial charge in [-0.15, -0.1) is 0 Å². The SMILES string of the molecule is CC(=O)/C(C)=N/Nc1cc(NS(C)(=O)=O)c(C#N)cc1F. The van der Waals surface area contributed by atoms with Gasteiger partial charge in [0.1, 0.15) is 17.6 Å². The summed E-state index contributed by atoms with van der Waals surface area (Å²) in [6, 6.07) is 3.64. The number of nitrogens with one attached hydrogen (secondary N) is 2. The fourth-order valence-corrected chi connectivity index (χ4v) is 1.83. The molecule has 0 saturated heterocycles. The Labute approximate surface area is 121 Å². The number of carbonyl (C=O) groups excluding carboxylic acids is 1. The molecule has 0 aliphatic carbocycles. The second kappa shape index (κ2) is 6.32.